The molecule has 4 nitrogen and oxygen atoms in total. The lowest BCUT2D eigenvalue weighted by Gasteiger charge is -2.15. The van der Waals surface area contributed by atoms with Crippen molar-refractivity contribution in [1.29, 1.82) is 0 Å². The third-order valence-corrected chi connectivity index (χ3v) is 3.32. The number of hydrogen-bond acceptors (Lipinski definition) is 3. The van der Waals surface area contributed by atoms with Crippen molar-refractivity contribution >= 4 is 34.9 Å². The van der Waals surface area contributed by atoms with Crippen LogP contribution in [0.1, 0.15) is 29.0 Å². The fourth-order valence-corrected chi connectivity index (χ4v) is 2.13. The topological polar surface area (TPSA) is 68.0 Å². The van der Waals surface area contributed by atoms with Crippen LogP contribution in [-0.4, -0.2) is 10.9 Å². The van der Waals surface area contributed by atoms with Crippen LogP contribution in [-0.2, 0) is 0 Å². The summed E-state index contributed by atoms with van der Waals surface area (Å²) >= 11 is 11.9. The minimum atomic E-state index is -0.380. The van der Waals surface area contributed by atoms with Gasteiger partial charge in [0.25, 0.3) is 5.91 Å². The molecule has 0 bridgehead atoms. The molecule has 0 saturated heterocycles. The largest absolute Gasteiger partial charge is 0.384 e. The van der Waals surface area contributed by atoms with Crippen LogP contribution in [0.2, 0.25) is 10.0 Å². The van der Waals surface area contributed by atoms with Crippen LogP contribution < -0.4 is 11.1 Å². The van der Waals surface area contributed by atoms with Crippen molar-refractivity contribution in [3.63, 3.8) is 0 Å². The minimum absolute atomic E-state index is 0.112. The van der Waals surface area contributed by atoms with E-state index in [2.05, 4.69) is 10.3 Å². The number of carbonyl (C=O) groups excluding carboxylic acids is 1. The van der Waals surface area contributed by atoms with Gasteiger partial charge in [0.05, 0.1) is 11.1 Å². The summed E-state index contributed by atoms with van der Waals surface area (Å²) in [4.78, 5) is 16.1. The molecule has 1 unspecified atom stereocenters. The molecular formula is C14H13Cl2N3O. The molecule has 0 aliphatic carbocycles. The fraction of sp³-hybridized carbons (Fsp3) is 0.143. The number of nitrogens with two attached hydrogens (primary N) is 1. The monoisotopic (exact) mass is 309 g/mol. The van der Waals surface area contributed by atoms with Gasteiger partial charge in [-0.3, -0.25) is 4.79 Å². The fourth-order valence-electron chi connectivity index (χ4n) is 1.74. The number of benzene rings is 1. The number of nitrogens with one attached hydrogen (secondary N) is 1. The zero-order chi connectivity index (χ0) is 14.7. The minimum Gasteiger partial charge on any atom is -0.384 e. The molecule has 1 amide bonds. The molecule has 20 heavy (non-hydrogen) atoms. The molecule has 1 atom stereocenters. The van der Waals surface area contributed by atoms with Crippen LogP contribution in [0.5, 0.6) is 0 Å². The second-order valence-electron chi connectivity index (χ2n) is 4.32. The van der Waals surface area contributed by atoms with E-state index in [-0.39, 0.29) is 28.5 Å². The first-order valence-electron chi connectivity index (χ1n) is 5.95. The Morgan fingerprint density at radius 3 is 2.75 bits per heavy atom. The highest BCUT2D eigenvalue weighted by Gasteiger charge is 2.16. The van der Waals surface area contributed by atoms with Crippen molar-refractivity contribution in [1.82, 2.24) is 10.3 Å². The standard InChI is InChI=1S/C14H13Cl2N3O/c1-8(9-3-2-4-10(15)7-9)18-14(20)13-11(16)5-6-12(17)19-13/h2-8H,1H3,(H2,17,19)(H,18,20). The number of amides is 1. The van der Waals surface area contributed by atoms with Gasteiger partial charge in [-0.2, -0.15) is 0 Å². The van der Waals surface area contributed by atoms with Gasteiger partial charge in [0, 0.05) is 5.02 Å². The Bertz CT molecular complexity index is 646. The molecular weight excluding hydrogens is 297 g/mol. The van der Waals surface area contributed by atoms with Crippen LogP contribution in [0.25, 0.3) is 0 Å². The summed E-state index contributed by atoms with van der Waals surface area (Å²) in [6.07, 6.45) is 0. The number of anilines is 1. The quantitative estimate of drug-likeness (QED) is 0.912. The third-order valence-electron chi connectivity index (χ3n) is 2.78. The Kier molecular flexibility index (Phi) is 4.47. The number of aromatic nitrogens is 1. The molecule has 104 valence electrons. The predicted octanol–water partition coefficient (Wildman–Crippen LogP) is 3.46. The summed E-state index contributed by atoms with van der Waals surface area (Å²) in [6.45, 7) is 1.85. The molecule has 2 rings (SSSR count). The summed E-state index contributed by atoms with van der Waals surface area (Å²) in [5.41, 5.74) is 6.57. The van der Waals surface area contributed by atoms with Gasteiger partial charge < -0.3 is 11.1 Å². The van der Waals surface area contributed by atoms with E-state index in [0.717, 1.165) is 5.56 Å². The lowest BCUT2D eigenvalue weighted by molar-refractivity contribution is 0.0935. The summed E-state index contributed by atoms with van der Waals surface area (Å²) in [6, 6.07) is 10.1. The Hall–Kier alpha value is -1.78. The molecule has 2 aromatic rings. The Morgan fingerprint density at radius 1 is 1.30 bits per heavy atom. The zero-order valence-corrected chi connectivity index (χ0v) is 12.2. The zero-order valence-electron chi connectivity index (χ0n) is 10.7. The molecule has 0 radical (unpaired) electrons. The van der Waals surface area contributed by atoms with Crippen molar-refractivity contribution in [3.8, 4) is 0 Å². The number of halogens is 2. The average molecular weight is 310 g/mol. The molecule has 0 fully saturated rings. The summed E-state index contributed by atoms with van der Waals surface area (Å²) in [5, 5.41) is 3.68. The van der Waals surface area contributed by atoms with Crippen LogP contribution in [0.3, 0.4) is 0 Å². The van der Waals surface area contributed by atoms with Gasteiger partial charge in [0.15, 0.2) is 0 Å². The summed E-state index contributed by atoms with van der Waals surface area (Å²) in [7, 11) is 0. The molecule has 0 spiro atoms. The number of pyridine rings is 1. The van der Waals surface area contributed by atoms with Gasteiger partial charge in [0.2, 0.25) is 0 Å². The highest BCUT2D eigenvalue weighted by molar-refractivity contribution is 6.33. The van der Waals surface area contributed by atoms with Crippen molar-refractivity contribution in [2.75, 3.05) is 5.73 Å². The van der Waals surface area contributed by atoms with Gasteiger partial charge >= 0.3 is 0 Å². The van der Waals surface area contributed by atoms with Crippen LogP contribution >= 0.6 is 23.2 Å². The Morgan fingerprint density at radius 2 is 2.05 bits per heavy atom. The number of rotatable bonds is 3. The first-order valence-corrected chi connectivity index (χ1v) is 6.71. The van der Waals surface area contributed by atoms with E-state index in [1.165, 1.54) is 0 Å². The van der Waals surface area contributed by atoms with Crippen molar-refractivity contribution in [2.24, 2.45) is 0 Å². The second-order valence-corrected chi connectivity index (χ2v) is 5.16. The number of hydrogen-bond donors (Lipinski definition) is 2. The normalized spacial score (nSPS) is 11.9. The summed E-state index contributed by atoms with van der Waals surface area (Å²) in [5.74, 6) is -0.135. The third kappa shape index (κ3) is 3.40. The molecule has 3 N–H and O–H groups in total. The van der Waals surface area contributed by atoms with Gasteiger partial charge in [-0.15, -0.1) is 0 Å². The van der Waals surface area contributed by atoms with Crippen LogP contribution in [0, 0.1) is 0 Å². The van der Waals surface area contributed by atoms with Crippen molar-refractivity contribution in [3.05, 3.63) is 57.7 Å². The summed E-state index contributed by atoms with van der Waals surface area (Å²) < 4.78 is 0. The number of nitrogen functional groups attached to an aromatic ring is 1. The highest BCUT2D eigenvalue weighted by atomic mass is 35.5. The van der Waals surface area contributed by atoms with E-state index < -0.39 is 0 Å². The lowest BCUT2D eigenvalue weighted by Crippen LogP contribution is -2.27. The molecule has 0 aliphatic heterocycles. The van der Waals surface area contributed by atoms with E-state index in [1.54, 1.807) is 24.3 Å². The van der Waals surface area contributed by atoms with Crippen LogP contribution in [0.15, 0.2) is 36.4 Å². The molecule has 0 aliphatic rings. The number of nitrogens with zero attached hydrogens (tertiary/aromatic N) is 1. The maximum absolute atomic E-state index is 12.1. The van der Waals surface area contributed by atoms with E-state index in [4.69, 9.17) is 28.9 Å². The van der Waals surface area contributed by atoms with Gasteiger partial charge in [-0.25, -0.2) is 4.98 Å². The van der Waals surface area contributed by atoms with E-state index >= 15 is 0 Å². The van der Waals surface area contributed by atoms with Crippen molar-refractivity contribution in [2.45, 2.75) is 13.0 Å². The van der Waals surface area contributed by atoms with Crippen LogP contribution in [0.4, 0.5) is 5.82 Å². The predicted molar refractivity (Wildman–Crippen MR) is 81.0 cm³/mol. The van der Waals surface area contributed by atoms with E-state index in [1.807, 2.05) is 19.1 Å². The van der Waals surface area contributed by atoms with Crippen molar-refractivity contribution < 1.29 is 4.79 Å². The highest BCUT2D eigenvalue weighted by Crippen LogP contribution is 2.19. The molecule has 1 aromatic carbocycles. The SMILES string of the molecule is CC(NC(=O)c1nc(N)ccc1Cl)c1cccc(Cl)c1. The smallest absolute Gasteiger partial charge is 0.271 e. The average Bonchev–Trinajstić information content (AvgIpc) is 2.41. The Balaban J connectivity index is 2.17. The molecule has 1 aromatic heterocycles. The lowest BCUT2D eigenvalue weighted by atomic mass is 10.1. The maximum atomic E-state index is 12.1. The van der Waals surface area contributed by atoms with E-state index in [0.29, 0.717) is 5.02 Å². The van der Waals surface area contributed by atoms with E-state index in [9.17, 15) is 4.79 Å². The molecule has 6 heteroatoms. The van der Waals surface area contributed by atoms with Gasteiger partial charge in [-0.05, 0) is 36.8 Å². The maximum Gasteiger partial charge on any atom is 0.271 e. The first-order chi connectivity index (χ1) is 9.47. The van der Waals surface area contributed by atoms with Gasteiger partial charge in [-0.1, -0.05) is 35.3 Å². The van der Waals surface area contributed by atoms with Gasteiger partial charge in [0.1, 0.15) is 11.5 Å². The molecule has 1 heterocycles. The first kappa shape index (κ1) is 14.6. The second kappa shape index (κ2) is 6.11. The molecule has 0 saturated carbocycles. The number of carbonyl (C=O) groups is 1. The Labute approximate surface area is 126 Å².